The van der Waals surface area contributed by atoms with Crippen LogP contribution in [0.5, 0.6) is 5.75 Å². The molecule has 0 aliphatic carbocycles. The predicted molar refractivity (Wildman–Crippen MR) is 92.8 cm³/mol. The molecule has 1 fully saturated rings. The van der Waals surface area contributed by atoms with Gasteiger partial charge in [0.1, 0.15) is 11.3 Å². The first-order valence-electron chi connectivity index (χ1n) is 8.14. The number of nitrogens with one attached hydrogen (secondary N) is 1. The summed E-state index contributed by atoms with van der Waals surface area (Å²) in [5.74, 6) is 0.647. The molecule has 126 valence electrons. The number of aromatic amines is 1. The average Bonchev–Trinajstić information content (AvgIpc) is 2.63. The van der Waals surface area contributed by atoms with E-state index < -0.39 is 0 Å². The van der Waals surface area contributed by atoms with E-state index in [2.05, 4.69) is 9.88 Å². The summed E-state index contributed by atoms with van der Waals surface area (Å²) in [5, 5.41) is 0. The normalized spacial score (nSPS) is 14.5. The molecule has 1 N–H and O–H groups in total. The molecule has 0 unspecified atom stereocenters. The van der Waals surface area contributed by atoms with Crippen molar-refractivity contribution in [2.24, 2.45) is 0 Å². The number of carbonyl (C=O) groups is 1. The summed E-state index contributed by atoms with van der Waals surface area (Å²) in [6.45, 7) is 5.15. The van der Waals surface area contributed by atoms with Crippen molar-refractivity contribution < 1.29 is 9.53 Å². The van der Waals surface area contributed by atoms with Crippen LogP contribution in [-0.4, -0.2) is 48.6 Å². The van der Waals surface area contributed by atoms with E-state index in [4.69, 9.17) is 4.74 Å². The quantitative estimate of drug-likeness (QED) is 0.929. The second-order valence-electron chi connectivity index (χ2n) is 5.59. The number of hydrogen-bond acceptors (Lipinski definition) is 4. The van der Waals surface area contributed by atoms with Crippen LogP contribution in [0.25, 0.3) is 0 Å². The van der Waals surface area contributed by atoms with Crippen molar-refractivity contribution in [3.63, 3.8) is 0 Å². The minimum absolute atomic E-state index is 0.195. The third-order valence-corrected chi connectivity index (χ3v) is 4.12. The molecular formula is C18H21N3O3. The molecule has 1 saturated heterocycles. The Bertz CT molecular complexity index is 764. The highest BCUT2D eigenvalue weighted by molar-refractivity contribution is 5.94. The van der Waals surface area contributed by atoms with Crippen LogP contribution >= 0.6 is 0 Å². The molecule has 1 aliphatic rings. The van der Waals surface area contributed by atoms with Crippen LogP contribution in [0.3, 0.4) is 0 Å². The van der Waals surface area contributed by atoms with Gasteiger partial charge < -0.3 is 19.5 Å². The van der Waals surface area contributed by atoms with Crippen molar-refractivity contribution in [2.75, 3.05) is 37.7 Å². The molecule has 2 heterocycles. The van der Waals surface area contributed by atoms with Crippen LogP contribution in [0.15, 0.2) is 47.4 Å². The van der Waals surface area contributed by atoms with Crippen molar-refractivity contribution >= 4 is 11.6 Å². The van der Waals surface area contributed by atoms with Gasteiger partial charge in [-0.1, -0.05) is 12.1 Å². The van der Waals surface area contributed by atoms with Gasteiger partial charge in [-0.05, 0) is 31.2 Å². The Morgan fingerprint density at radius 3 is 2.58 bits per heavy atom. The minimum Gasteiger partial charge on any atom is -0.492 e. The second kappa shape index (κ2) is 7.21. The van der Waals surface area contributed by atoms with E-state index in [9.17, 15) is 9.59 Å². The summed E-state index contributed by atoms with van der Waals surface area (Å²) in [6.07, 6.45) is 1.53. The lowest BCUT2D eigenvalue weighted by atomic mass is 10.2. The highest BCUT2D eigenvalue weighted by Gasteiger charge is 2.24. The Balaban J connectivity index is 1.69. The zero-order chi connectivity index (χ0) is 16.9. The molecule has 0 bridgehead atoms. The molecule has 2 aromatic rings. The van der Waals surface area contributed by atoms with Crippen LogP contribution in [0.2, 0.25) is 0 Å². The number of amides is 1. The second-order valence-corrected chi connectivity index (χ2v) is 5.59. The van der Waals surface area contributed by atoms with E-state index in [0.717, 1.165) is 11.4 Å². The maximum atomic E-state index is 12.5. The van der Waals surface area contributed by atoms with E-state index in [1.54, 1.807) is 17.0 Å². The largest absolute Gasteiger partial charge is 0.492 e. The Kier molecular flexibility index (Phi) is 4.84. The Morgan fingerprint density at radius 2 is 1.88 bits per heavy atom. The van der Waals surface area contributed by atoms with Crippen molar-refractivity contribution in [3.8, 4) is 5.75 Å². The standard InChI is InChI=1S/C18H21N3O3/c1-2-24-16-8-4-3-7-15(16)20-10-12-21(13-11-20)18(23)14-6-5-9-19-17(14)22/h3-9H,2,10-13H2,1H3,(H,19,22). The third kappa shape index (κ3) is 3.27. The molecule has 1 aromatic carbocycles. The first kappa shape index (κ1) is 16.1. The summed E-state index contributed by atoms with van der Waals surface area (Å²) < 4.78 is 5.68. The number of rotatable bonds is 4. The fourth-order valence-electron chi connectivity index (χ4n) is 2.91. The van der Waals surface area contributed by atoms with Crippen LogP contribution in [-0.2, 0) is 0 Å². The smallest absolute Gasteiger partial charge is 0.260 e. The van der Waals surface area contributed by atoms with E-state index in [1.807, 2.05) is 31.2 Å². The molecule has 0 radical (unpaired) electrons. The van der Waals surface area contributed by atoms with Crippen LogP contribution < -0.4 is 15.2 Å². The topological polar surface area (TPSA) is 65.6 Å². The first-order chi connectivity index (χ1) is 11.7. The van der Waals surface area contributed by atoms with Gasteiger partial charge in [-0.15, -0.1) is 0 Å². The predicted octanol–water partition coefficient (Wildman–Crippen LogP) is 1.74. The van der Waals surface area contributed by atoms with Gasteiger partial charge in [0.15, 0.2) is 0 Å². The first-order valence-corrected chi connectivity index (χ1v) is 8.14. The van der Waals surface area contributed by atoms with Gasteiger partial charge >= 0.3 is 0 Å². The van der Waals surface area contributed by atoms with Gasteiger partial charge in [-0.2, -0.15) is 0 Å². The lowest BCUT2D eigenvalue weighted by molar-refractivity contribution is 0.0745. The van der Waals surface area contributed by atoms with Gasteiger partial charge in [0.25, 0.3) is 11.5 Å². The molecule has 1 amide bonds. The molecule has 0 spiro atoms. The number of aromatic nitrogens is 1. The number of ether oxygens (including phenoxy) is 1. The zero-order valence-electron chi connectivity index (χ0n) is 13.7. The van der Waals surface area contributed by atoms with E-state index in [-0.39, 0.29) is 17.0 Å². The van der Waals surface area contributed by atoms with E-state index in [1.165, 1.54) is 6.20 Å². The number of anilines is 1. The number of pyridine rings is 1. The molecule has 6 nitrogen and oxygen atoms in total. The molecule has 1 aliphatic heterocycles. The number of hydrogen-bond donors (Lipinski definition) is 1. The maximum Gasteiger partial charge on any atom is 0.260 e. The molecule has 1 aromatic heterocycles. The lowest BCUT2D eigenvalue weighted by Crippen LogP contribution is -2.49. The highest BCUT2D eigenvalue weighted by Crippen LogP contribution is 2.28. The number of carbonyl (C=O) groups excluding carboxylic acids is 1. The van der Waals surface area contributed by atoms with Crippen LogP contribution in [0.1, 0.15) is 17.3 Å². The Labute approximate surface area is 140 Å². The SMILES string of the molecule is CCOc1ccccc1N1CCN(C(=O)c2ccc[nH]c2=O)CC1. The van der Waals surface area contributed by atoms with Gasteiger partial charge in [-0.3, -0.25) is 9.59 Å². The molecule has 0 atom stereocenters. The van der Waals surface area contributed by atoms with Crippen LogP contribution in [0.4, 0.5) is 5.69 Å². The zero-order valence-corrected chi connectivity index (χ0v) is 13.7. The van der Waals surface area contributed by atoms with Crippen LogP contribution in [0, 0.1) is 0 Å². The fourth-order valence-corrected chi connectivity index (χ4v) is 2.91. The van der Waals surface area contributed by atoms with E-state index >= 15 is 0 Å². The van der Waals surface area contributed by atoms with Crippen molar-refractivity contribution in [3.05, 3.63) is 58.5 Å². The van der Waals surface area contributed by atoms with Gasteiger partial charge in [0.2, 0.25) is 0 Å². The molecule has 6 heteroatoms. The van der Waals surface area contributed by atoms with Gasteiger partial charge in [-0.25, -0.2) is 0 Å². The summed E-state index contributed by atoms with van der Waals surface area (Å²) >= 11 is 0. The average molecular weight is 327 g/mol. The van der Waals surface area contributed by atoms with Gasteiger partial charge in [0, 0.05) is 32.4 Å². The summed E-state index contributed by atoms with van der Waals surface area (Å²) in [4.78, 5) is 30.8. The molecule has 24 heavy (non-hydrogen) atoms. The number of benzene rings is 1. The minimum atomic E-state index is -0.341. The number of piperazine rings is 1. The number of nitrogens with zero attached hydrogens (tertiary/aromatic N) is 2. The van der Waals surface area contributed by atoms with Gasteiger partial charge in [0.05, 0.1) is 12.3 Å². The monoisotopic (exact) mass is 327 g/mol. The third-order valence-electron chi connectivity index (χ3n) is 4.12. The summed E-state index contributed by atoms with van der Waals surface area (Å²) in [6, 6.07) is 11.2. The van der Waals surface area contributed by atoms with Crippen molar-refractivity contribution in [1.29, 1.82) is 0 Å². The summed E-state index contributed by atoms with van der Waals surface area (Å²) in [7, 11) is 0. The molecule has 0 saturated carbocycles. The Hall–Kier alpha value is -2.76. The highest BCUT2D eigenvalue weighted by atomic mass is 16.5. The molecule has 3 rings (SSSR count). The van der Waals surface area contributed by atoms with E-state index in [0.29, 0.717) is 32.8 Å². The lowest BCUT2D eigenvalue weighted by Gasteiger charge is -2.36. The van der Waals surface area contributed by atoms with Crippen molar-refractivity contribution in [1.82, 2.24) is 9.88 Å². The molecular weight excluding hydrogens is 306 g/mol. The Morgan fingerprint density at radius 1 is 1.12 bits per heavy atom. The maximum absolute atomic E-state index is 12.5. The number of para-hydroxylation sites is 2. The number of H-pyrrole nitrogens is 1. The van der Waals surface area contributed by atoms with Crippen molar-refractivity contribution in [2.45, 2.75) is 6.92 Å². The summed E-state index contributed by atoms with van der Waals surface area (Å²) in [5.41, 5.74) is 0.899. The fraction of sp³-hybridized carbons (Fsp3) is 0.333.